The zero-order chi connectivity index (χ0) is 13.8. The molecular formula is C15H26N2O. The standard InChI is InChI=1S/C15H26N2O/c1-12-9-13(7-8-14(12)18-6)10-16-11-15(2,3)17(4)5/h7-9,16H,10-11H2,1-6H3. The van der Waals surface area contributed by atoms with Crippen molar-refractivity contribution in [1.82, 2.24) is 10.2 Å². The van der Waals surface area contributed by atoms with Gasteiger partial charge in [-0.3, -0.25) is 0 Å². The van der Waals surface area contributed by atoms with Gasteiger partial charge in [-0.1, -0.05) is 12.1 Å². The van der Waals surface area contributed by atoms with Crippen LogP contribution in [0.25, 0.3) is 0 Å². The first-order valence-electron chi connectivity index (χ1n) is 6.38. The minimum absolute atomic E-state index is 0.168. The van der Waals surface area contributed by atoms with Crippen molar-refractivity contribution in [3.05, 3.63) is 29.3 Å². The summed E-state index contributed by atoms with van der Waals surface area (Å²) in [5.41, 5.74) is 2.65. The Hall–Kier alpha value is -1.06. The number of likely N-dealkylation sites (N-methyl/N-ethyl adjacent to an activating group) is 1. The molecule has 0 saturated carbocycles. The molecule has 0 aliphatic heterocycles. The molecule has 3 nitrogen and oxygen atoms in total. The van der Waals surface area contributed by atoms with Crippen molar-refractivity contribution in [1.29, 1.82) is 0 Å². The fourth-order valence-corrected chi connectivity index (χ4v) is 1.72. The number of ether oxygens (including phenoxy) is 1. The summed E-state index contributed by atoms with van der Waals surface area (Å²) in [5, 5.41) is 3.51. The minimum atomic E-state index is 0.168. The van der Waals surface area contributed by atoms with Crippen molar-refractivity contribution in [2.45, 2.75) is 32.9 Å². The number of aryl methyl sites for hydroxylation is 1. The van der Waals surface area contributed by atoms with Gasteiger partial charge in [0.25, 0.3) is 0 Å². The van der Waals surface area contributed by atoms with E-state index in [-0.39, 0.29) is 5.54 Å². The zero-order valence-corrected chi connectivity index (χ0v) is 12.5. The van der Waals surface area contributed by atoms with Crippen LogP contribution in [-0.2, 0) is 6.54 Å². The van der Waals surface area contributed by atoms with Gasteiger partial charge < -0.3 is 15.0 Å². The van der Waals surface area contributed by atoms with Crippen molar-refractivity contribution < 1.29 is 4.74 Å². The maximum absolute atomic E-state index is 5.26. The summed E-state index contributed by atoms with van der Waals surface area (Å²) >= 11 is 0. The number of hydrogen-bond acceptors (Lipinski definition) is 3. The molecule has 0 saturated heterocycles. The predicted octanol–water partition coefficient (Wildman–Crippen LogP) is 2.43. The van der Waals surface area contributed by atoms with Gasteiger partial charge in [-0.15, -0.1) is 0 Å². The van der Waals surface area contributed by atoms with E-state index in [1.54, 1.807) is 7.11 Å². The molecule has 102 valence electrons. The Labute approximate surface area is 111 Å². The molecule has 0 heterocycles. The highest BCUT2D eigenvalue weighted by molar-refractivity contribution is 5.36. The molecule has 0 aliphatic carbocycles. The summed E-state index contributed by atoms with van der Waals surface area (Å²) in [6.07, 6.45) is 0. The topological polar surface area (TPSA) is 24.5 Å². The number of methoxy groups -OCH3 is 1. The molecule has 1 rings (SSSR count). The Balaban J connectivity index is 2.52. The van der Waals surface area contributed by atoms with Crippen molar-refractivity contribution in [2.75, 3.05) is 27.7 Å². The second-order valence-corrected chi connectivity index (χ2v) is 5.61. The fourth-order valence-electron chi connectivity index (χ4n) is 1.72. The molecule has 0 atom stereocenters. The summed E-state index contributed by atoms with van der Waals surface area (Å²) in [7, 11) is 5.93. The first-order valence-corrected chi connectivity index (χ1v) is 6.38. The first-order chi connectivity index (χ1) is 8.36. The quantitative estimate of drug-likeness (QED) is 0.839. The summed E-state index contributed by atoms with van der Waals surface area (Å²) in [6, 6.07) is 6.32. The highest BCUT2D eigenvalue weighted by atomic mass is 16.5. The summed E-state index contributed by atoms with van der Waals surface area (Å²) in [4.78, 5) is 2.24. The van der Waals surface area contributed by atoms with E-state index in [1.807, 2.05) is 6.07 Å². The molecule has 0 aliphatic rings. The van der Waals surface area contributed by atoms with Crippen LogP contribution in [0.15, 0.2) is 18.2 Å². The average Bonchev–Trinajstić information content (AvgIpc) is 2.29. The van der Waals surface area contributed by atoms with Crippen LogP contribution in [0.2, 0.25) is 0 Å². The second-order valence-electron chi connectivity index (χ2n) is 5.61. The third kappa shape index (κ3) is 4.00. The summed E-state index contributed by atoms with van der Waals surface area (Å²) < 4.78 is 5.26. The van der Waals surface area contributed by atoms with Crippen LogP contribution in [0.5, 0.6) is 5.75 Å². The molecule has 1 aromatic carbocycles. The highest BCUT2D eigenvalue weighted by Gasteiger charge is 2.19. The van der Waals surface area contributed by atoms with E-state index in [9.17, 15) is 0 Å². The number of hydrogen-bond donors (Lipinski definition) is 1. The molecular weight excluding hydrogens is 224 g/mol. The molecule has 3 heteroatoms. The van der Waals surface area contributed by atoms with Crippen LogP contribution >= 0.6 is 0 Å². The van der Waals surface area contributed by atoms with Gasteiger partial charge in [0.2, 0.25) is 0 Å². The predicted molar refractivity (Wildman–Crippen MR) is 77.2 cm³/mol. The van der Waals surface area contributed by atoms with Crippen molar-refractivity contribution in [3.8, 4) is 5.75 Å². The van der Waals surface area contributed by atoms with E-state index in [0.29, 0.717) is 0 Å². The highest BCUT2D eigenvalue weighted by Crippen LogP contribution is 2.18. The Morgan fingerprint density at radius 2 is 1.94 bits per heavy atom. The fraction of sp³-hybridized carbons (Fsp3) is 0.600. The lowest BCUT2D eigenvalue weighted by molar-refractivity contribution is 0.190. The molecule has 0 radical (unpaired) electrons. The van der Waals surface area contributed by atoms with Crippen LogP contribution in [0.4, 0.5) is 0 Å². The van der Waals surface area contributed by atoms with E-state index in [0.717, 1.165) is 18.8 Å². The molecule has 0 spiro atoms. The minimum Gasteiger partial charge on any atom is -0.496 e. The van der Waals surface area contributed by atoms with E-state index in [4.69, 9.17) is 4.74 Å². The Bertz CT molecular complexity index is 386. The zero-order valence-electron chi connectivity index (χ0n) is 12.5. The maximum atomic E-state index is 5.26. The van der Waals surface area contributed by atoms with E-state index in [1.165, 1.54) is 11.1 Å². The van der Waals surface area contributed by atoms with Crippen LogP contribution < -0.4 is 10.1 Å². The molecule has 18 heavy (non-hydrogen) atoms. The Morgan fingerprint density at radius 3 is 2.44 bits per heavy atom. The van der Waals surface area contributed by atoms with Gasteiger partial charge in [-0.2, -0.15) is 0 Å². The number of nitrogens with one attached hydrogen (secondary N) is 1. The molecule has 0 fully saturated rings. The van der Waals surface area contributed by atoms with Gasteiger partial charge in [-0.05, 0) is 52.1 Å². The van der Waals surface area contributed by atoms with Crippen molar-refractivity contribution >= 4 is 0 Å². The molecule has 0 bridgehead atoms. The lowest BCUT2D eigenvalue weighted by atomic mass is 10.0. The van der Waals surface area contributed by atoms with Crippen molar-refractivity contribution in [3.63, 3.8) is 0 Å². The number of rotatable bonds is 6. The summed E-state index contributed by atoms with van der Waals surface area (Å²) in [5.74, 6) is 0.951. The molecule has 0 unspecified atom stereocenters. The monoisotopic (exact) mass is 250 g/mol. The van der Waals surface area contributed by atoms with Crippen LogP contribution in [0, 0.1) is 6.92 Å². The van der Waals surface area contributed by atoms with E-state index in [2.05, 4.69) is 57.2 Å². The third-order valence-electron chi connectivity index (χ3n) is 3.56. The number of benzene rings is 1. The Kier molecular flexibility index (Phi) is 5.17. The van der Waals surface area contributed by atoms with Crippen LogP contribution in [-0.4, -0.2) is 38.2 Å². The lowest BCUT2D eigenvalue weighted by Crippen LogP contribution is -2.46. The van der Waals surface area contributed by atoms with Crippen molar-refractivity contribution in [2.24, 2.45) is 0 Å². The van der Waals surface area contributed by atoms with Gasteiger partial charge >= 0.3 is 0 Å². The largest absolute Gasteiger partial charge is 0.496 e. The van der Waals surface area contributed by atoms with Gasteiger partial charge in [0.1, 0.15) is 5.75 Å². The van der Waals surface area contributed by atoms with Gasteiger partial charge in [0.05, 0.1) is 7.11 Å². The third-order valence-corrected chi connectivity index (χ3v) is 3.56. The SMILES string of the molecule is COc1ccc(CNCC(C)(C)N(C)C)cc1C. The normalized spacial score (nSPS) is 11.9. The van der Waals surface area contributed by atoms with Crippen LogP contribution in [0.1, 0.15) is 25.0 Å². The van der Waals surface area contributed by atoms with E-state index < -0.39 is 0 Å². The molecule has 1 N–H and O–H groups in total. The average molecular weight is 250 g/mol. The lowest BCUT2D eigenvalue weighted by Gasteiger charge is -2.32. The second kappa shape index (κ2) is 6.21. The maximum Gasteiger partial charge on any atom is 0.121 e. The number of nitrogens with zero attached hydrogens (tertiary/aromatic N) is 1. The van der Waals surface area contributed by atoms with Gasteiger partial charge in [0.15, 0.2) is 0 Å². The molecule has 0 aromatic heterocycles. The smallest absolute Gasteiger partial charge is 0.121 e. The summed E-state index contributed by atoms with van der Waals surface area (Å²) in [6.45, 7) is 8.40. The van der Waals surface area contributed by atoms with Gasteiger partial charge in [0, 0.05) is 18.6 Å². The van der Waals surface area contributed by atoms with E-state index >= 15 is 0 Å². The molecule has 0 amide bonds. The Morgan fingerprint density at radius 1 is 1.28 bits per heavy atom. The van der Waals surface area contributed by atoms with Gasteiger partial charge in [-0.25, -0.2) is 0 Å². The molecule has 1 aromatic rings. The van der Waals surface area contributed by atoms with Crippen LogP contribution in [0.3, 0.4) is 0 Å². The first kappa shape index (κ1) is 15.0.